The summed E-state index contributed by atoms with van der Waals surface area (Å²) < 4.78 is 5.64. The lowest BCUT2D eigenvalue weighted by molar-refractivity contribution is -0.146. The number of carbonyl (C=O) groups is 2. The molecule has 0 bridgehead atoms. The summed E-state index contributed by atoms with van der Waals surface area (Å²) in [6.45, 7) is 1.73. The van der Waals surface area contributed by atoms with Crippen LogP contribution in [0.15, 0.2) is 48.8 Å². The van der Waals surface area contributed by atoms with Gasteiger partial charge in [0.2, 0.25) is 0 Å². The third-order valence-electron chi connectivity index (χ3n) is 3.49. The van der Waals surface area contributed by atoms with Gasteiger partial charge in [0.25, 0.3) is 17.4 Å². The van der Waals surface area contributed by atoms with Crippen molar-refractivity contribution in [3.05, 3.63) is 54.4 Å². The summed E-state index contributed by atoms with van der Waals surface area (Å²) in [5.41, 5.74) is -0.197. The molecule has 0 aliphatic carbocycles. The lowest BCUT2D eigenvalue weighted by Crippen LogP contribution is -2.58. The van der Waals surface area contributed by atoms with E-state index in [1.54, 1.807) is 42.7 Å². The van der Waals surface area contributed by atoms with E-state index in [2.05, 4.69) is 15.6 Å². The topological polar surface area (TPSA) is 80.3 Å². The smallest absolute Gasteiger partial charge is 0.278 e. The number of pyridine rings is 1. The minimum atomic E-state index is -1.60. The van der Waals surface area contributed by atoms with E-state index in [4.69, 9.17) is 4.74 Å². The minimum absolute atomic E-state index is 0.278. The highest BCUT2D eigenvalue weighted by Crippen LogP contribution is 2.33. The summed E-state index contributed by atoms with van der Waals surface area (Å²) in [5.74, 6) is -0.514. The number of para-hydroxylation sites is 2. The molecule has 1 atom stereocenters. The number of benzene rings is 1. The van der Waals surface area contributed by atoms with Gasteiger partial charge in [0.05, 0.1) is 5.69 Å². The van der Waals surface area contributed by atoms with Gasteiger partial charge in [-0.25, -0.2) is 0 Å². The zero-order chi connectivity index (χ0) is 15.6. The summed E-state index contributed by atoms with van der Waals surface area (Å²) in [6, 6.07) is 10.6. The van der Waals surface area contributed by atoms with Crippen LogP contribution in [0, 0.1) is 0 Å². The van der Waals surface area contributed by atoms with Crippen LogP contribution in [0.1, 0.15) is 12.5 Å². The van der Waals surface area contributed by atoms with Crippen molar-refractivity contribution in [1.29, 1.82) is 0 Å². The Morgan fingerprint density at radius 3 is 2.91 bits per heavy atom. The maximum absolute atomic E-state index is 12.4. The van der Waals surface area contributed by atoms with E-state index in [0.29, 0.717) is 11.4 Å². The highest BCUT2D eigenvalue weighted by molar-refractivity contribution is 6.15. The molecule has 3 rings (SSSR count). The highest BCUT2D eigenvalue weighted by atomic mass is 16.5. The zero-order valence-electron chi connectivity index (χ0n) is 12.0. The fourth-order valence-electron chi connectivity index (χ4n) is 2.17. The number of amides is 2. The molecule has 0 saturated carbocycles. The SMILES string of the molecule is C[C@@]1(C(=O)NCc2cccnc2)Oc2ccccc2NC1=O. The molecule has 2 heterocycles. The Hall–Kier alpha value is -2.89. The molecular formula is C16H15N3O3. The fourth-order valence-corrected chi connectivity index (χ4v) is 2.17. The third kappa shape index (κ3) is 2.50. The number of hydrogen-bond acceptors (Lipinski definition) is 4. The van der Waals surface area contributed by atoms with Crippen molar-refractivity contribution in [2.45, 2.75) is 19.1 Å². The molecule has 1 aliphatic rings. The summed E-state index contributed by atoms with van der Waals surface area (Å²) in [6.07, 6.45) is 3.31. The van der Waals surface area contributed by atoms with Crippen LogP contribution in [0.25, 0.3) is 0 Å². The van der Waals surface area contributed by atoms with Gasteiger partial charge in [-0.1, -0.05) is 18.2 Å². The first kappa shape index (κ1) is 14.1. The van der Waals surface area contributed by atoms with Crippen LogP contribution in [0.2, 0.25) is 0 Å². The first-order valence-electron chi connectivity index (χ1n) is 6.86. The van der Waals surface area contributed by atoms with E-state index in [9.17, 15) is 9.59 Å². The molecule has 6 heteroatoms. The van der Waals surface area contributed by atoms with Crippen molar-refractivity contribution in [2.24, 2.45) is 0 Å². The van der Waals surface area contributed by atoms with Gasteiger partial charge >= 0.3 is 0 Å². The molecule has 22 heavy (non-hydrogen) atoms. The maximum Gasteiger partial charge on any atom is 0.278 e. The average Bonchev–Trinajstić information content (AvgIpc) is 2.54. The van der Waals surface area contributed by atoms with Crippen LogP contribution in [0.5, 0.6) is 5.75 Å². The second kappa shape index (κ2) is 5.48. The number of rotatable bonds is 3. The zero-order valence-corrected chi connectivity index (χ0v) is 12.0. The van der Waals surface area contributed by atoms with Gasteiger partial charge in [-0.15, -0.1) is 0 Å². The van der Waals surface area contributed by atoms with E-state index in [-0.39, 0.29) is 6.54 Å². The molecule has 2 aromatic rings. The van der Waals surface area contributed by atoms with Gasteiger partial charge in [-0.2, -0.15) is 0 Å². The van der Waals surface area contributed by atoms with Gasteiger partial charge in [-0.3, -0.25) is 14.6 Å². The van der Waals surface area contributed by atoms with Crippen molar-refractivity contribution >= 4 is 17.5 Å². The molecule has 0 spiro atoms. The van der Waals surface area contributed by atoms with Gasteiger partial charge in [0, 0.05) is 18.9 Å². The van der Waals surface area contributed by atoms with E-state index < -0.39 is 17.4 Å². The molecule has 2 N–H and O–H groups in total. The summed E-state index contributed by atoms with van der Waals surface area (Å²) in [4.78, 5) is 28.6. The normalized spacial score (nSPS) is 19.6. The number of aromatic nitrogens is 1. The van der Waals surface area contributed by atoms with Crippen molar-refractivity contribution in [3.8, 4) is 5.75 Å². The van der Waals surface area contributed by atoms with Crippen LogP contribution in [-0.2, 0) is 16.1 Å². The molecule has 1 aliphatic heterocycles. The van der Waals surface area contributed by atoms with Crippen LogP contribution in [-0.4, -0.2) is 22.4 Å². The predicted octanol–water partition coefficient (Wildman–Crippen LogP) is 1.49. The van der Waals surface area contributed by atoms with Crippen LogP contribution in [0.3, 0.4) is 0 Å². The van der Waals surface area contributed by atoms with Crippen molar-refractivity contribution in [2.75, 3.05) is 5.32 Å². The standard InChI is InChI=1S/C16H15N3O3/c1-16(14(20)18-10-11-5-4-8-17-9-11)15(21)19-12-6-2-3-7-13(12)22-16/h2-9H,10H2,1H3,(H,18,20)(H,19,21)/t16-/m0/s1. The Kier molecular flexibility index (Phi) is 3.50. The monoisotopic (exact) mass is 297 g/mol. The Morgan fingerprint density at radius 2 is 2.14 bits per heavy atom. The van der Waals surface area contributed by atoms with Crippen LogP contribution >= 0.6 is 0 Å². The Balaban J connectivity index is 1.75. The van der Waals surface area contributed by atoms with E-state index in [1.165, 1.54) is 6.92 Å². The number of hydrogen-bond donors (Lipinski definition) is 2. The Bertz CT molecular complexity index is 718. The van der Waals surface area contributed by atoms with Gasteiger partial charge in [0.15, 0.2) is 0 Å². The minimum Gasteiger partial charge on any atom is -0.466 e. The lowest BCUT2D eigenvalue weighted by atomic mass is 10.0. The van der Waals surface area contributed by atoms with E-state index >= 15 is 0 Å². The average molecular weight is 297 g/mol. The molecule has 112 valence electrons. The molecule has 6 nitrogen and oxygen atoms in total. The molecular weight excluding hydrogens is 282 g/mol. The molecule has 0 unspecified atom stereocenters. The quantitative estimate of drug-likeness (QED) is 0.841. The molecule has 0 fully saturated rings. The Labute approximate surface area is 127 Å². The van der Waals surface area contributed by atoms with Gasteiger partial charge < -0.3 is 15.4 Å². The second-order valence-electron chi connectivity index (χ2n) is 5.13. The lowest BCUT2D eigenvalue weighted by Gasteiger charge is -2.33. The second-order valence-corrected chi connectivity index (χ2v) is 5.13. The molecule has 2 amide bonds. The van der Waals surface area contributed by atoms with Crippen LogP contribution in [0.4, 0.5) is 5.69 Å². The predicted molar refractivity (Wildman–Crippen MR) is 80.2 cm³/mol. The number of anilines is 1. The third-order valence-corrected chi connectivity index (χ3v) is 3.49. The number of nitrogens with zero attached hydrogens (tertiary/aromatic N) is 1. The molecule has 0 saturated heterocycles. The maximum atomic E-state index is 12.4. The summed E-state index contributed by atoms with van der Waals surface area (Å²) >= 11 is 0. The molecule has 0 radical (unpaired) electrons. The number of nitrogens with one attached hydrogen (secondary N) is 2. The van der Waals surface area contributed by atoms with Crippen molar-refractivity contribution in [1.82, 2.24) is 10.3 Å². The van der Waals surface area contributed by atoms with E-state index in [1.807, 2.05) is 6.07 Å². The molecule has 1 aromatic carbocycles. The Morgan fingerprint density at radius 1 is 1.32 bits per heavy atom. The number of carbonyl (C=O) groups excluding carboxylic acids is 2. The van der Waals surface area contributed by atoms with Crippen LogP contribution < -0.4 is 15.4 Å². The first-order chi connectivity index (χ1) is 10.6. The highest BCUT2D eigenvalue weighted by Gasteiger charge is 2.47. The summed E-state index contributed by atoms with van der Waals surface area (Å²) in [5, 5.41) is 5.40. The van der Waals surface area contributed by atoms with Crippen molar-refractivity contribution < 1.29 is 14.3 Å². The van der Waals surface area contributed by atoms with E-state index in [0.717, 1.165) is 5.56 Å². The first-order valence-corrected chi connectivity index (χ1v) is 6.86. The largest absolute Gasteiger partial charge is 0.466 e. The summed E-state index contributed by atoms with van der Waals surface area (Å²) in [7, 11) is 0. The number of ether oxygens (including phenoxy) is 1. The fraction of sp³-hybridized carbons (Fsp3) is 0.188. The molecule has 1 aromatic heterocycles. The number of fused-ring (bicyclic) bond motifs is 1. The van der Waals surface area contributed by atoms with Gasteiger partial charge in [0.1, 0.15) is 5.75 Å². The van der Waals surface area contributed by atoms with Gasteiger partial charge in [-0.05, 0) is 30.7 Å². The van der Waals surface area contributed by atoms with Crippen molar-refractivity contribution in [3.63, 3.8) is 0 Å².